The summed E-state index contributed by atoms with van der Waals surface area (Å²) in [4.78, 5) is 15.9. The van der Waals surface area contributed by atoms with Gasteiger partial charge in [0.1, 0.15) is 0 Å². The number of hydrogen-bond donors (Lipinski definition) is 1. The molecule has 0 aromatic rings. The zero-order valence-corrected chi connectivity index (χ0v) is 14.4. The van der Waals surface area contributed by atoms with Crippen LogP contribution in [0.4, 0.5) is 0 Å². The summed E-state index contributed by atoms with van der Waals surface area (Å²) in [7, 11) is 0. The van der Waals surface area contributed by atoms with Crippen molar-refractivity contribution in [3.8, 4) is 0 Å². The van der Waals surface area contributed by atoms with Crippen LogP contribution in [0.5, 0.6) is 0 Å². The van der Waals surface area contributed by atoms with Crippen LogP contribution >= 0.6 is 0 Å². The third kappa shape index (κ3) is 15.5. The van der Waals surface area contributed by atoms with Crippen LogP contribution in [0.15, 0.2) is 12.7 Å². The lowest BCUT2D eigenvalue weighted by atomic mass is 10.1. The first-order valence-electron chi connectivity index (χ1n) is 8.91. The van der Waals surface area contributed by atoms with Gasteiger partial charge < -0.3 is 5.11 Å². The van der Waals surface area contributed by atoms with E-state index in [1.54, 1.807) is 6.08 Å². The number of nitrogens with zero attached hydrogens (tertiary/aromatic N) is 1. The lowest BCUT2D eigenvalue weighted by molar-refractivity contribution is -0.162. The van der Waals surface area contributed by atoms with Crippen LogP contribution in [0, 0.1) is 0 Å². The third-order valence-electron chi connectivity index (χ3n) is 3.68. The van der Waals surface area contributed by atoms with Crippen LogP contribution in [-0.2, 0) is 9.63 Å². The number of hydroxylamine groups is 2. The Hall–Kier alpha value is -0.870. The molecule has 0 aliphatic carbocycles. The summed E-state index contributed by atoms with van der Waals surface area (Å²) in [6, 6.07) is 0. The first-order chi connectivity index (χ1) is 10.7. The molecule has 0 aliphatic rings. The van der Waals surface area contributed by atoms with Gasteiger partial charge in [-0.25, -0.2) is 0 Å². The summed E-state index contributed by atoms with van der Waals surface area (Å²) in [6.45, 7) is 7.69. The molecular weight excluding hydrogens is 278 g/mol. The minimum atomic E-state index is -0.822. The molecule has 0 aliphatic heterocycles. The SMILES string of the molecule is C=CCN(CCCCCCCCCCCC)OCCC(=O)O. The second kappa shape index (κ2) is 16.5. The molecule has 0 spiro atoms. The molecule has 0 saturated carbocycles. The van der Waals surface area contributed by atoms with E-state index >= 15 is 0 Å². The molecule has 0 unspecified atom stereocenters. The zero-order chi connectivity index (χ0) is 16.5. The van der Waals surface area contributed by atoms with Gasteiger partial charge in [-0.15, -0.1) is 6.58 Å². The lowest BCUT2D eigenvalue weighted by Gasteiger charge is -2.19. The van der Waals surface area contributed by atoms with Crippen molar-refractivity contribution < 1.29 is 14.7 Å². The van der Waals surface area contributed by atoms with Crippen molar-refractivity contribution in [1.29, 1.82) is 0 Å². The summed E-state index contributed by atoms with van der Waals surface area (Å²) in [5, 5.41) is 10.4. The predicted molar refractivity (Wildman–Crippen MR) is 91.8 cm³/mol. The number of aliphatic carboxylic acids is 1. The fourth-order valence-corrected chi connectivity index (χ4v) is 2.39. The Bertz CT molecular complexity index is 269. The van der Waals surface area contributed by atoms with Gasteiger partial charge in [0.25, 0.3) is 0 Å². The van der Waals surface area contributed by atoms with Gasteiger partial charge in [-0.1, -0.05) is 70.8 Å². The molecule has 0 heterocycles. The molecule has 0 fully saturated rings. The lowest BCUT2D eigenvalue weighted by Crippen LogP contribution is -2.26. The van der Waals surface area contributed by atoms with E-state index in [4.69, 9.17) is 9.94 Å². The van der Waals surface area contributed by atoms with Crippen LogP contribution in [0.2, 0.25) is 0 Å². The van der Waals surface area contributed by atoms with Crippen molar-refractivity contribution in [2.24, 2.45) is 0 Å². The maximum absolute atomic E-state index is 10.5. The van der Waals surface area contributed by atoms with Crippen LogP contribution in [-0.4, -0.2) is 35.8 Å². The fraction of sp³-hybridized carbons (Fsp3) is 0.833. The smallest absolute Gasteiger partial charge is 0.305 e. The van der Waals surface area contributed by atoms with E-state index in [2.05, 4.69) is 13.5 Å². The molecule has 0 rings (SSSR count). The fourth-order valence-electron chi connectivity index (χ4n) is 2.39. The largest absolute Gasteiger partial charge is 0.481 e. The van der Waals surface area contributed by atoms with Crippen molar-refractivity contribution >= 4 is 5.97 Å². The van der Waals surface area contributed by atoms with Gasteiger partial charge in [0, 0.05) is 13.1 Å². The second-order valence-corrected chi connectivity index (χ2v) is 5.84. The molecule has 4 heteroatoms. The van der Waals surface area contributed by atoms with Crippen molar-refractivity contribution in [3.05, 3.63) is 12.7 Å². The van der Waals surface area contributed by atoms with E-state index in [1.807, 2.05) is 5.06 Å². The minimum Gasteiger partial charge on any atom is -0.481 e. The molecule has 1 N–H and O–H groups in total. The van der Waals surface area contributed by atoms with E-state index < -0.39 is 5.97 Å². The molecule has 22 heavy (non-hydrogen) atoms. The maximum atomic E-state index is 10.5. The van der Waals surface area contributed by atoms with Gasteiger partial charge in [-0.2, -0.15) is 5.06 Å². The zero-order valence-electron chi connectivity index (χ0n) is 14.4. The molecule has 0 saturated heterocycles. The van der Waals surface area contributed by atoms with Gasteiger partial charge in [0.05, 0.1) is 13.0 Å². The molecule has 4 nitrogen and oxygen atoms in total. The Labute approximate surface area is 136 Å². The van der Waals surface area contributed by atoms with Crippen molar-refractivity contribution in [1.82, 2.24) is 5.06 Å². The third-order valence-corrected chi connectivity index (χ3v) is 3.68. The number of unbranched alkanes of at least 4 members (excludes halogenated alkanes) is 9. The summed E-state index contributed by atoms with van der Waals surface area (Å²) >= 11 is 0. The molecular formula is C18H35NO3. The maximum Gasteiger partial charge on any atom is 0.305 e. The van der Waals surface area contributed by atoms with Crippen LogP contribution in [0.1, 0.15) is 77.6 Å². The minimum absolute atomic E-state index is 0.0473. The number of rotatable bonds is 17. The Morgan fingerprint density at radius 3 is 2.09 bits per heavy atom. The van der Waals surface area contributed by atoms with Crippen LogP contribution < -0.4 is 0 Å². The van der Waals surface area contributed by atoms with Gasteiger partial charge in [0.2, 0.25) is 0 Å². The predicted octanol–water partition coefficient (Wildman–Crippen LogP) is 4.80. The molecule has 0 aromatic heterocycles. The van der Waals surface area contributed by atoms with Crippen LogP contribution in [0.25, 0.3) is 0 Å². The Balaban J connectivity index is 3.43. The molecule has 0 radical (unpaired) electrons. The van der Waals surface area contributed by atoms with Gasteiger partial charge >= 0.3 is 5.97 Å². The molecule has 0 atom stereocenters. The van der Waals surface area contributed by atoms with Crippen molar-refractivity contribution in [2.75, 3.05) is 19.7 Å². The normalized spacial score (nSPS) is 11.0. The number of hydrogen-bond acceptors (Lipinski definition) is 3. The molecule has 0 amide bonds. The van der Waals surface area contributed by atoms with E-state index in [1.165, 1.54) is 57.8 Å². The van der Waals surface area contributed by atoms with Crippen LogP contribution in [0.3, 0.4) is 0 Å². The van der Waals surface area contributed by atoms with Crippen molar-refractivity contribution in [3.63, 3.8) is 0 Å². The second-order valence-electron chi connectivity index (χ2n) is 5.84. The Morgan fingerprint density at radius 1 is 1.05 bits per heavy atom. The Kier molecular flexibility index (Phi) is 15.8. The number of carbonyl (C=O) groups is 1. The molecule has 0 aromatic carbocycles. The van der Waals surface area contributed by atoms with E-state index in [0.29, 0.717) is 6.54 Å². The van der Waals surface area contributed by atoms with Crippen molar-refractivity contribution in [2.45, 2.75) is 77.6 Å². The average Bonchev–Trinajstić information content (AvgIpc) is 2.48. The van der Waals surface area contributed by atoms with Gasteiger partial charge in [-0.3, -0.25) is 9.63 Å². The quantitative estimate of drug-likeness (QED) is 0.238. The highest BCUT2D eigenvalue weighted by Crippen LogP contribution is 2.11. The highest BCUT2D eigenvalue weighted by molar-refractivity contribution is 5.66. The highest BCUT2D eigenvalue weighted by atomic mass is 16.7. The number of carboxylic acids is 1. The average molecular weight is 313 g/mol. The molecule has 0 bridgehead atoms. The monoisotopic (exact) mass is 313 g/mol. The highest BCUT2D eigenvalue weighted by Gasteiger charge is 2.05. The topological polar surface area (TPSA) is 49.8 Å². The van der Waals surface area contributed by atoms with E-state index in [-0.39, 0.29) is 13.0 Å². The summed E-state index contributed by atoms with van der Waals surface area (Å²) < 4.78 is 0. The summed E-state index contributed by atoms with van der Waals surface area (Å²) in [5.74, 6) is -0.822. The summed E-state index contributed by atoms with van der Waals surface area (Å²) in [6.07, 6.45) is 15.0. The Morgan fingerprint density at radius 2 is 1.59 bits per heavy atom. The van der Waals surface area contributed by atoms with E-state index in [9.17, 15) is 4.79 Å². The van der Waals surface area contributed by atoms with Gasteiger partial charge in [0.15, 0.2) is 0 Å². The number of carboxylic acid groups (broad SMARTS) is 1. The first kappa shape index (κ1) is 21.1. The summed E-state index contributed by atoms with van der Waals surface area (Å²) in [5.41, 5.74) is 0. The van der Waals surface area contributed by atoms with E-state index in [0.717, 1.165) is 13.0 Å². The first-order valence-corrected chi connectivity index (χ1v) is 8.91. The molecule has 130 valence electrons. The standard InChI is InChI=1S/C18H35NO3/c1-3-5-6-7-8-9-10-11-12-13-16-19(15-4-2)22-17-14-18(20)21/h4H,2-3,5-17H2,1H3,(H,20,21). The van der Waals surface area contributed by atoms with Gasteiger partial charge in [-0.05, 0) is 6.42 Å².